The lowest BCUT2D eigenvalue weighted by molar-refractivity contribution is -0.274. The van der Waals surface area contributed by atoms with E-state index in [1.165, 1.54) is 48.8 Å². The number of aliphatic hydroxyl groups excluding tert-OH is 1. The molecule has 1 saturated heterocycles. The first-order valence-corrected chi connectivity index (χ1v) is 13.0. The first kappa shape index (κ1) is 27.4. The van der Waals surface area contributed by atoms with Crippen molar-refractivity contribution in [3.8, 4) is 17.2 Å². The Labute approximate surface area is 216 Å². The number of rotatable bonds is 9. The van der Waals surface area contributed by atoms with Crippen molar-refractivity contribution in [2.45, 2.75) is 35.0 Å². The maximum absolute atomic E-state index is 13.7. The number of hydrogen-bond acceptors (Lipinski definition) is 8. The molecule has 14 heteroatoms. The Bertz CT molecular complexity index is 1320. The average molecular weight is 555 g/mol. The fraction of sp³-hybridized carbons (Fsp3) is 0.333. The van der Waals surface area contributed by atoms with Crippen LogP contribution in [0.1, 0.15) is 24.8 Å². The lowest BCUT2D eigenvalue weighted by Crippen LogP contribution is -2.58. The molecule has 4 N–H and O–H groups in total. The Hall–Kier alpha value is -3.62. The van der Waals surface area contributed by atoms with Gasteiger partial charge in [-0.05, 0) is 74.5 Å². The molecule has 0 aliphatic carbocycles. The topological polar surface area (TPSA) is 143 Å². The molecule has 0 bridgehead atoms. The van der Waals surface area contributed by atoms with Crippen LogP contribution in [0, 0.1) is 0 Å². The van der Waals surface area contributed by atoms with Crippen LogP contribution in [0.15, 0.2) is 65.8 Å². The fourth-order valence-electron chi connectivity index (χ4n) is 4.11. The van der Waals surface area contributed by atoms with Crippen molar-refractivity contribution < 1.29 is 41.0 Å². The van der Waals surface area contributed by atoms with Crippen molar-refractivity contribution in [1.29, 1.82) is 0 Å². The molecule has 1 fully saturated rings. The summed E-state index contributed by atoms with van der Waals surface area (Å²) < 4.78 is 72.1. The quantitative estimate of drug-likeness (QED) is 0.316. The summed E-state index contributed by atoms with van der Waals surface area (Å²) in [5.41, 5.74) is 0. The number of alkyl halides is 3. The summed E-state index contributed by atoms with van der Waals surface area (Å²) in [7, 11) is -4.17. The molecule has 1 amide bonds. The number of benzene rings is 2. The smallest absolute Gasteiger partial charge is 0.457 e. The van der Waals surface area contributed by atoms with E-state index in [1.54, 1.807) is 0 Å². The lowest BCUT2D eigenvalue weighted by atomic mass is 9.96. The summed E-state index contributed by atoms with van der Waals surface area (Å²) in [4.78, 5) is 19.8. The second-order valence-corrected chi connectivity index (χ2v) is 10.8. The fourth-order valence-corrected chi connectivity index (χ4v) is 6.12. The van der Waals surface area contributed by atoms with Gasteiger partial charge in [0.15, 0.2) is 14.6 Å². The highest BCUT2D eigenvalue weighted by Gasteiger charge is 2.51. The van der Waals surface area contributed by atoms with Gasteiger partial charge in [0, 0.05) is 12.4 Å². The average Bonchev–Trinajstić information content (AvgIpc) is 3.43. The molecule has 1 aliphatic heterocycles. The van der Waals surface area contributed by atoms with Gasteiger partial charge in [0.25, 0.3) is 0 Å². The molecule has 1 atom stereocenters. The van der Waals surface area contributed by atoms with Crippen molar-refractivity contribution in [2.24, 2.45) is 0 Å². The molecule has 38 heavy (non-hydrogen) atoms. The van der Waals surface area contributed by atoms with Gasteiger partial charge in [0.05, 0.1) is 11.4 Å². The molecule has 10 nitrogen and oxygen atoms in total. The zero-order valence-electron chi connectivity index (χ0n) is 19.9. The Balaban J connectivity index is 1.48. The third kappa shape index (κ3) is 6.09. The van der Waals surface area contributed by atoms with Crippen molar-refractivity contribution in [3.05, 3.63) is 66.7 Å². The molecule has 2 aromatic carbocycles. The molecule has 0 spiro atoms. The molecular weight excluding hydrogens is 529 g/mol. The molecule has 0 radical (unpaired) electrons. The van der Waals surface area contributed by atoms with E-state index in [9.17, 15) is 31.5 Å². The van der Waals surface area contributed by atoms with Crippen LogP contribution in [-0.2, 0) is 14.6 Å². The van der Waals surface area contributed by atoms with Gasteiger partial charge >= 0.3 is 6.36 Å². The summed E-state index contributed by atoms with van der Waals surface area (Å²) in [6.07, 6.45) is -2.93. The monoisotopic (exact) mass is 554 g/mol. The predicted octanol–water partition coefficient (Wildman–Crippen LogP) is 2.85. The number of nitrogens with one attached hydrogen (secondary N) is 3. The Morgan fingerprint density at radius 3 is 2.18 bits per heavy atom. The second-order valence-electron chi connectivity index (χ2n) is 8.54. The SMILES string of the molecule is O=C(NCC(O)c1ncc[nH]1)C1(S(=O)(=O)c2ccc(Oc3ccc(OC(F)(F)F)cc3)cc2)CCNCC1. The molecule has 4 rings (SSSR count). The van der Waals surface area contributed by atoms with E-state index in [4.69, 9.17) is 4.74 Å². The van der Waals surface area contributed by atoms with Crippen molar-refractivity contribution >= 4 is 15.7 Å². The van der Waals surface area contributed by atoms with E-state index in [0.717, 1.165) is 12.1 Å². The molecule has 204 valence electrons. The third-order valence-electron chi connectivity index (χ3n) is 6.06. The molecule has 0 saturated carbocycles. The minimum atomic E-state index is -4.81. The van der Waals surface area contributed by atoms with Crippen LogP contribution >= 0.6 is 0 Å². The zero-order valence-corrected chi connectivity index (χ0v) is 20.7. The maximum Gasteiger partial charge on any atom is 0.573 e. The summed E-state index contributed by atoms with van der Waals surface area (Å²) >= 11 is 0. The van der Waals surface area contributed by atoms with Crippen LogP contribution in [0.25, 0.3) is 0 Å². The van der Waals surface area contributed by atoms with Gasteiger partial charge in [0.1, 0.15) is 29.2 Å². The lowest BCUT2D eigenvalue weighted by Gasteiger charge is -2.35. The van der Waals surface area contributed by atoms with Gasteiger partial charge in [-0.25, -0.2) is 13.4 Å². The number of sulfone groups is 1. The van der Waals surface area contributed by atoms with Crippen LogP contribution < -0.4 is 20.1 Å². The second kappa shape index (κ2) is 11.0. The van der Waals surface area contributed by atoms with E-state index >= 15 is 0 Å². The number of aromatic amines is 1. The van der Waals surface area contributed by atoms with E-state index in [2.05, 4.69) is 25.3 Å². The molecule has 1 unspecified atom stereocenters. The van der Waals surface area contributed by atoms with Crippen molar-refractivity contribution in [1.82, 2.24) is 20.6 Å². The zero-order chi connectivity index (χ0) is 27.4. The molecule has 3 aromatic rings. The summed E-state index contributed by atoms with van der Waals surface area (Å²) in [5.74, 6) is -0.441. The number of carbonyl (C=O) groups excluding carboxylic acids is 1. The number of H-pyrrole nitrogens is 1. The molecule has 1 aliphatic rings. The summed E-state index contributed by atoms with van der Waals surface area (Å²) in [6, 6.07) is 10.1. The van der Waals surface area contributed by atoms with Crippen LogP contribution in [0.3, 0.4) is 0 Å². The number of hydrogen-bond donors (Lipinski definition) is 4. The highest BCUT2D eigenvalue weighted by Crippen LogP contribution is 2.35. The number of nitrogens with zero attached hydrogens (tertiary/aromatic N) is 1. The number of ether oxygens (including phenoxy) is 2. The minimum Gasteiger partial charge on any atom is -0.457 e. The van der Waals surface area contributed by atoms with Crippen LogP contribution in [0.5, 0.6) is 17.2 Å². The molecule has 2 heterocycles. The Morgan fingerprint density at radius 2 is 1.63 bits per heavy atom. The van der Waals surface area contributed by atoms with Gasteiger partial charge in [-0.1, -0.05) is 0 Å². The highest BCUT2D eigenvalue weighted by molar-refractivity contribution is 7.93. The first-order valence-electron chi connectivity index (χ1n) is 11.5. The van der Waals surface area contributed by atoms with Gasteiger partial charge in [-0.15, -0.1) is 13.2 Å². The summed E-state index contributed by atoms with van der Waals surface area (Å²) in [6.45, 7) is 0.391. The number of aromatic nitrogens is 2. The van der Waals surface area contributed by atoms with Gasteiger partial charge < -0.3 is 30.2 Å². The number of piperidine rings is 1. The Morgan fingerprint density at radius 1 is 1.05 bits per heavy atom. The van der Waals surface area contributed by atoms with E-state index in [0.29, 0.717) is 13.1 Å². The van der Waals surface area contributed by atoms with E-state index in [-0.39, 0.29) is 41.6 Å². The number of imidazole rings is 1. The van der Waals surface area contributed by atoms with Crippen molar-refractivity contribution in [2.75, 3.05) is 19.6 Å². The standard InChI is InChI=1S/C24H25F3N4O6S/c25-24(26,27)37-18-3-1-16(2-4-18)36-17-5-7-19(8-6-17)38(34,35)23(9-11-28-12-10-23)22(33)31-15-20(32)21-29-13-14-30-21/h1-8,13-14,20,28,32H,9-12,15H2,(H,29,30)(H,31,33). The van der Waals surface area contributed by atoms with Crippen LogP contribution in [0.4, 0.5) is 13.2 Å². The minimum absolute atomic E-state index is 0.0304. The largest absolute Gasteiger partial charge is 0.573 e. The van der Waals surface area contributed by atoms with E-state index < -0.39 is 38.7 Å². The number of carbonyl (C=O) groups is 1. The Kier molecular flexibility index (Phi) is 7.94. The van der Waals surface area contributed by atoms with E-state index in [1.807, 2.05) is 0 Å². The van der Waals surface area contributed by atoms with Gasteiger partial charge in [0.2, 0.25) is 5.91 Å². The number of halogens is 3. The van der Waals surface area contributed by atoms with Crippen molar-refractivity contribution in [3.63, 3.8) is 0 Å². The third-order valence-corrected chi connectivity index (χ3v) is 8.57. The van der Waals surface area contributed by atoms with Gasteiger partial charge in [-0.2, -0.15) is 0 Å². The van der Waals surface area contributed by atoms with Crippen LogP contribution in [-0.4, -0.2) is 60.1 Å². The molecular formula is C24H25F3N4O6S. The normalized spacial score (nSPS) is 16.4. The molecule has 1 aromatic heterocycles. The predicted molar refractivity (Wildman–Crippen MR) is 128 cm³/mol. The maximum atomic E-state index is 13.7. The number of amides is 1. The number of aliphatic hydroxyl groups is 1. The summed E-state index contributed by atoms with van der Waals surface area (Å²) in [5, 5.41) is 15.9. The van der Waals surface area contributed by atoms with Crippen LogP contribution in [0.2, 0.25) is 0 Å². The van der Waals surface area contributed by atoms with Gasteiger partial charge in [-0.3, -0.25) is 4.79 Å². The first-order chi connectivity index (χ1) is 18.0. The highest BCUT2D eigenvalue weighted by atomic mass is 32.2.